The molecule has 0 aliphatic heterocycles. The molecular weight excluding hydrogens is 258 g/mol. The largest absolute Gasteiger partial charge is 0.385 e. The molecule has 1 rings (SSSR count). The van der Waals surface area contributed by atoms with E-state index in [0.717, 1.165) is 26.0 Å². The lowest BCUT2D eigenvalue weighted by Crippen LogP contribution is -2.41. The maximum absolute atomic E-state index is 5.25. The van der Waals surface area contributed by atoms with Gasteiger partial charge in [0.05, 0.1) is 0 Å². The molecule has 120 valence electrons. The van der Waals surface area contributed by atoms with Crippen LogP contribution in [0.25, 0.3) is 0 Å². The lowest BCUT2D eigenvalue weighted by Gasteiger charge is -2.29. The van der Waals surface area contributed by atoms with Crippen molar-refractivity contribution in [2.75, 3.05) is 20.3 Å². The van der Waals surface area contributed by atoms with E-state index in [1.54, 1.807) is 7.11 Å². The maximum Gasteiger partial charge on any atom is 0.0464 e. The molecule has 0 spiro atoms. The van der Waals surface area contributed by atoms with Gasteiger partial charge in [-0.15, -0.1) is 0 Å². The average molecular weight is 291 g/mol. The Hall–Kier alpha value is -0.860. The molecule has 2 atom stereocenters. The van der Waals surface area contributed by atoms with Gasteiger partial charge in [0.15, 0.2) is 0 Å². The van der Waals surface area contributed by atoms with E-state index >= 15 is 0 Å². The van der Waals surface area contributed by atoms with Crippen LogP contribution in [0.1, 0.15) is 45.2 Å². The molecule has 0 saturated heterocycles. The molecule has 1 aromatic carbocycles. The summed E-state index contributed by atoms with van der Waals surface area (Å²) in [6, 6.07) is 8.96. The van der Waals surface area contributed by atoms with Crippen LogP contribution in [0.5, 0.6) is 0 Å². The Morgan fingerprint density at radius 3 is 2.29 bits per heavy atom. The normalized spacial score (nSPS) is 15.0. The van der Waals surface area contributed by atoms with Crippen LogP contribution in [0.15, 0.2) is 24.3 Å². The molecule has 21 heavy (non-hydrogen) atoms. The minimum absolute atomic E-state index is 0.173. The highest BCUT2D eigenvalue weighted by Gasteiger charge is 2.20. The van der Waals surface area contributed by atoms with Crippen molar-refractivity contribution in [2.24, 2.45) is 11.8 Å². The van der Waals surface area contributed by atoms with Crippen molar-refractivity contribution in [3.05, 3.63) is 35.4 Å². The summed E-state index contributed by atoms with van der Waals surface area (Å²) in [5, 5.41) is 3.67. The molecule has 0 bridgehead atoms. The van der Waals surface area contributed by atoms with Gasteiger partial charge >= 0.3 is 0 Å². The van der Waals surface area contributed by atoms with Gasteiger partial charge in [0.1, 0.15) is 0 Å². The Bertz CT molecular complexity index is 391. The lowest BCUT2D eigenvalue weighted by molar-refractivity contribution is 0.161. The Labute approximate surface area is 131 Å². The van der Waals surface area contributed by atoms with Crippen molar-refractivity contribution < 1.29 is 4.74 Å². The van der Waals surface area contributed by atoms with Gasteiger partial charge in [0, 0.05) is 19.3 Å². The summed E-state index contributed by atoms with van der Waals surface area (Å²) in [6.45, 7) is 13.1. The molecule has 0 heterocycles. The minimum atomic E-state index is 0.173. The average Bonchev–Trinajstić information content (AvgIpc) is 2.41. The van der Waals surface area contributed by atoms with Gasteiger partial charge in [-0.2, -0.15) is 0 Å². The number of ether oxygens (including phenoxy) is 1. The predicted octanol–water partition coefficient (Wildman–Crippen LogP) is 4.21. The molecule has 2 heteroatoms. The quantitative estimate of drug-likeness (QED) is 0.774. The summed E-state index contributed by atoms with van der Waals surface area (Å²) in [4.78, 5) is 0. The molecule has 0 amide bonds. The van der Waals surface area contributed by atoms with Crippen molar-refractivity contribution in [3.63, 3.8) is 0 Å². The van der Waals surface area contributed by atoms with Crippen LogP contribution in [-0.2, 0) is 11.2 Å². The van der Waals surface area contributed by atoms with Gasteiger partial charge in [0.25, 0.3) is 0 Å². The van der Waals surface area contributed by atoms with Crippen LogP contribution < -0.4 is 5.32 Å². The zero-order valence-electron chi connectivity index (χ0n) is 14.7. The number of hydrogen-bond acceptors (Lipinski definition) is 2. The lowest BCUT2D eigenvalue weighted by atomic mass is 9.85. The topological polar surface area (TPSA) is 21.3 Å². The standard InChI is InChI=1S/C19H33NO/c1-15-7-9-17(10-8-15)13-18(14-20-19(3,4)5)16(2)11-12-21-6/h7-10,16,18,20H,11-14H2,1-6H3. The zero-order valence-corrected chi connectivity index (χ0v) is 14.7. The van der Waals surface area contributed by atoms with Crippen molar-refractivity contribution in [3.8, 4) is 0 Å². The molecule has 0 radical (unpaired) electrons. The first-order chi connectivity index (χ1) is 9.81. The number of rotatable bonds is 8. The van der Waals surface area contributed by atoms with Crippen molar-refractivity contribution in [1.29, 1.82) is 0 Å². The third-order valence-electron chi connectivity index (χ3n) is 4.10. The highest BCUT2D eigenvalue weighted by molar-refractivity contribution is 5.21. The Morgan fingerprint density at radius 2 is 1.76 bits per heavy atom. The minimum Gasteiger partial charge on any atom is -0.385 e. The SMILES string of the molecule is COCCC(C)C(CNC(C)(C)C)Cc1ccc(C)cc1. The molecule has 0 fully saturated rings. The molecule has 1 N–H and O–H groups in total. The third-order valence-corrected chi connectivity index (χ3v) is 4.10. The van der Waals surface area contributed by atoms with Crippen molar-refractivity contribution >= 4 is 0 Å². The van der Waals surface area contributed by atoms with Crippen molar-refractivity contribution in [2.45, 2.75) is 53.0 Å². The fourth-order valence-electron chi connectivity index (χ4n) is 2.48. The van der Waals surface area contributed by atoms with E-state index in [-0.39, 0.29) is 5.54 Å². The monoisotopic (exact) mass is 291 g/mol. The summed E-state index contributed by atoms with van der Waals surface area (Å²) in [7, 11) is 1.79. The van der Waals surface area contributed by atoms with E-state index in [0.29, 0.717) is 11.8 Å². The smallest absolute Gasteiger partial charge is 0.0464 e. The van der Waals surface area contributed by atoms with Gasteiger partial charge in [-0.3, -0.25) is 0 Å². The fraction of sp³-hybridized carbons (Fsp3) is 0.684. The molecule has 0 saturated carbocycles. The predicted molar refractivity (Wildman–Crippen MR) is 91.8 cm³/mol. The molecule has 1 aromatic rings. The van der Waals surface area contributed by atoms with E-state index < -0.39 is 0 Å². The second-order valence-corrected chi connectivity index (χ2v) is 7.34. The summed E-state index contributed by atoms with van der Waals surface area (Å²) in [6.07, 6.45) is 2.26. The van der Waals surface area contributed by atoms with Gasteiger partial charge in [-0.05, 0) is 64.5 Å². The van der Waals surface area contributed by atoms with E-state index in [4.69, 9.17) is 4.74 Å². The molecule has 0 aliphatic rings. The van der Waals surface area contributed by atoms with Crippen LogP contribution in [0, 0.1) is 18.8 Å². The Morgan fingerprint density at radius 1 is 1.14 bits per heavy atom. The van der Waals surface area contributed by atoms with Gasteiger partial charge in [-0.25, -0.2) is 0 Å². The summed E-state index contributed by atoms with van der Waals surface area (Å²) >= 11 is 0. The van der Waals surface area contributed by atoms with Crippen LogP contribution in [0.2, 0.25) is 0 Å². The first-order valence-electron chi connectivity index (χ1n) is 8.11. The molecular formula is C19H33NO. The second kappa shape index (κ2) is 8.55. The first-order valence-corrected chi connectivity index (χ1v) is 8.11. The van der Waals surface area contributed by atoms with E-state index in [1.165, 1.54) is 11.1 Å². The molecule has 2 unspecified atom stereocenters. The van der Waals surface area contributed by atoms with E-state index in [9.17, 15) is 0 Å². The Kier molecular flexibility index (Phi) is 7.41. The summed E-state index contributed by atoms with van der Waals surface area (Å²) < 4.78 is 5.25. The number of methoxy groups -OCH3 is 1. The number of hydrogen-bond donors (Lipinski definition) is 1. The molecule has 0 aromatic heterocycles. The first kappa shape index (κ1) is 18.2. The molecule has 0 aliphatic carbocycles. The third kappa shape index (κ3) is 7.63. The maximum atomic E-state index is 5.25. The highest BCUT2D eigenvalue weighted by atomic mass is 16.5. The summed E-state index contributed by atoms with van der Waals surface area (Å²) in [5.74, 6) is 1.29. The Balaban J connectivity index is 2.68. The highest BCUT2D eigenvalue weighted by Crippen LogP contribution is 2.21. The number of benzene rings is 1. The van der Waals surface area contributed by atoms with Crippen LogP contribution in [0.4, 0.5) is 0 Å². The summed E-state index contributed by atoms with van der Waals surface area (Å²) in [5.41, 5.74) is 2.94. The fourth-order valence-corrected chi connectivity index (χ4v) is 2.48. The number of nitrogens with one attached hydrogen (secondary N) is 1. The van der Waals surface area contributed by atoms with Gasteiger partial charge in [0.2, 0.25) is 0 Å². The van der Waals surface area contributed by atoms with E-state index in [2.05, 4.69) is 64.2 Å². The van der Waals surface area contributed by atoms with Crippen LogP contribution in [0.3, 0.4) is 0 Å². The zero-order chi connectivity index (χ0) is 15.9. The molecule has 2 nitrogen and oxygen atoms in total. The van der Waals surface area contributed by atoms with E-state index in [1.807, 2.05) is 0 Å². The van der Waals surface area contributed by atoms with Gasteiger partial charge < -0.3 is 10.1 Å². The van der Waals surface area contributed by atoms with Crippen LogP contribution >= 0.6 is 0 Å². The van der Waals surface area contributed by atoms with Gasteiger partial charge in [-0.1, -0.05) is 36.8 Å². The van der Waals surface area contributed by atoms with Crippen LogP contribution in [-0.4, -0.2) is 25.8 Å². The number of aryl methyl sites for hydroxylation is 1. The second-order valence-electron chi connectivity index (χ2n) is 7.34. The van der Waals surface area contributed by atoms with Crippen molar-refractivity contribution in [1.82, 2.24) is 5.32 Å².